The van der Waals surface area contributed by atoms with Gasteiger partial charge in [-0.05, 0) is 23.8 Å². The summed E-state index contributed by atoms with van der Waals surface area (Å²) in [7, 11) is -3.57. The van der Waals surface area contributed by atoms with E-state index in [4.69, 9.17) is 0 Å². The molecule has 0 saturated heterocycles. The highest BCUT2D eigenvalue weighted by atomic mass is 32.2. The number of anilines is 1. The van der Waals surface area contributed by atoms with Crippen molar-refractivity contribution in [3.05, 3.63) is 54.4 Å². The number of para-hydroxylation sites is 1. The van der Waals surface area contributed by atoms with Crippen molar-refractivity contribution in [1.82, 2.24) is 10.3 Å². The number of benzene rings is 1. The van der Waals surface area contributed by atoms with E-state index in [9.17, 15) is 8.42 Å². The molecule has 5 nitrogen and oxygen atoms in total. The van der Waals surface area contributed by atoms with Crippen LogP contribution in [0.15, 0.2) is 53.7 Å². The summed E-state index contributed by atoms with van der Waals surface area (Å²) in [6, 6.07) is 10.8. The molecule has 1 N–H and O–H groups in total. The number of sulfonamides is 1. The first-order valence-corrected chi connectivity index (χ1v) is 7.85. The van der Waals surface area contributed by atoms with Crippen LogP contribution in [-0.2, 0) is 16.6 Å². The normalized spacial score (nSPS) is 15.5. The highest BCUT2D eigenvalue weighted by Crippen LogP contribution is 2.27. The van der Waals surface area contributed by atoms with Gasteiger partial charge in [0.2, 0.25) is 0 Å². The summed E-state index contributed by atoms with van der Waals surface area (Å²) in [5.41, 5.74) is 1.72. The van der Waals surface area contributed by atoms with Gasteiger partial charge in [0, 0.05) is 32.0 Å². The standard InChI is InChI=1S/C14H15N3O2S/c18-20(19,13-5-3-7-15-11-13)17-9-8-16-10-12-4-1-2-6-14(12)17/h1-7,11,16H,8-10H2. The Morgan fingerprint density at radius 3 is 2.80 bits per heavy atom. The molecule has 0 spiro atoms. The van der Waals surface area contributed by atoms with E-state index in [2.05, 4.69) is 10.3 Å². The number of nitrogens with zero attached hydrogens (tertiary/aromatic N) is 2. The maximum Gasteiger partial charge on any atom is 0.265 e. The average molecular weight is 289 g/mol. The molecule has 1 aromatic heterocycles. The number of rotatable bonds is 2. The summed E-state index contributed by atoms with van der Waals surface area (Å²) < 4.78 is 27.0. The van der Waals surface area contributed by atoms with Crippen molar-refractivity contribution in [3.8, 4) is 0 Å². The third-order valence-electron chi connectivity index (χ3n) is 3.29. The molecule has 3 rings (SSSR count). The second-order valence-electron chi connectivity index (χ2n) is 4.57. The fourth-order valence-corrected chi connectivity index (χ4v) is 3.77. The highest BCUT2D eigenvalue weighted by molar-refractivity contribution is 7.92. The Morgan fingerprint density at radius 2 is 2.00 bits per heavy atom. The molecule has 1 aliphatic rings. The van der Waals surface area contributed by atoms with Gasteiger partial charge in [0.05, 0.1) is 5.69 Å². The van der Waals surface area contributed by atoms with Gasteiger partial charge in [0.1, 0.15) is 4.90 Å². The van der Waals surface area contributed by atoms with Gasteiger partial charge in [-0.2, -0.15) is 0 Å². The van der Waals surface area contributed by atoms with Gasteiger partial charge in [0.25, 0.3) is 10.0 Å². The fourth-order valence-electron chi connectivity index (χ4n) is 2.30. The van der Waals surface area contributed by atoms with Crippen LogP contribution in [0.1, 0.15) is 5.56 Å². The maximum atomic E-state index is 12.8. The van der Waals surface area contributed by atoms with Crippen molar-refractivity contribution >= 4 is 15.7 Å². The predicted octanol–water partition coefficient (Wildman–Crippen LogP) is 1.38. The third kappa shape index (κ3) is 2.28. The molecule has 1 aliphatic heterocycles. The average Bonchev–Trinajstić information content (AvgIpc) is 2.71. The van der Waals surface area contributed by atoms with Crippen LogP contribution in [0.4, 0.5) is 5.69 Å². The number of fused-ring (bicyclic) bond motifs is 1. The zero-order valence-corrected chi connectivity index (χ0v) is 11.7. The number of aromatic nitrogens is 1. The van der Waals surface area contributed by atoms with E-state index in [-0.39, 0.29) is 4.90 Å². The number of nitrogens with one attached hydrogen (secondary N) is 1. The molecule has 0 aliphatic carbocycles. The van der Waals surface area contributed by atoms with Gasteiger partial charge in [-0.3, -0.25) is 9.29 Å². The largest absolute Gasteiger partial charge is 0.311 e. The first-order chi connectivity index (χ1) is 9.69. The molecule has 104 valence electrons. The minimum atomic E-state index is -3.57. The maximum absolute atomic E-state index is 12.8. The zero-order chi connectivity index (χ0) is 14.0. The van der Waals surface area contributed by atoms with Gasteiger partial charge in [0.15, 0.2) is 0 Å². The molecule has 0 fully saturated rings. The lowest BCUT2D eigenvalue weighted by Crippen LogP contribution is -2.34. The molecule has 0 bridgehead atoms. The van der Waals surface area contributed by atoms with Gasteiger partial charge in [-0.15, -0.1) is 0 Å². The zero-order valence-electron chi connectivity index (χ0n) is 10.9. The summed E-state index contributed by atoms with van der Waals surface area (Å²) in [6.45, 7) is 1.71. The van der Waals surface area contributed by atoms with Crippen molar-refractivity contribution in [2.75, 3.05) is 17.4 Å². The summed E-state index contributed by atoms with van der Waals surface area (Å²) >= 11 is 0. The van der Waals surface area contributed by atoms with Crippen molar-refractivity contribution in [2.24, 2.45) is 0 Å². The Balaban J connectivity index is 2.10. The fraction of sp³-hybridized carbons (Fsp3) is 0.214. The highest BCUT2D eigenvalue weighted by Gasteiger charge is 2.27. The van der Waals surface area contributed by atoms with Crippen LogP contribution < -0.4 is 9.62 Å². The van der Waals surface area contributed by atoms with E-state index < -0.39 is 10.0 Å². The van der Waals surface area contributed by atoms with Crippen LogP contribution >= 0.6 is 0 Å². The lowest BCUT2D eigenvalue weighted by Gasteiger charge is -2.23. The van der Waals surface area contributed by atoms with Crippen LogP contribution in [0.2, 0.25) is 0 Å². The van der Waals surface area contributed by atoms with E-state index in [0.717, 1.165) is 11.3 Å². The van der Waals surface area contributed by atoms with Gasteiger partial charge in [-0.25, -0.2) is 8.42 Å². The second-order valence-corrected chi connectivity index (χ2v) is 6.43. The Kier molecular flexibility index (Phi) is 3.42. The van der Waals surface area contributed by atoms with Crippen molar-refractivity contribution < 1.29 is 8.42 Å². The number of pyridine rings is 1. The van der Waals surface area contributed by atoms with Crippen LogP contribution in [0.3, 0.4) is 0 Å². The van der Waals surface area contributed by atoms with Gasteiger partial charge in [-0.1, -0.05) is 18.2 Å². The minimum absolute atomic E-state index is 0.219. The topological polar surface area (TPSA) is 62.3 Å². The van der Waals surface area contributed by atoms with Crippen molar-refractivity contribution in [3.63, 3.8) is 0 Å². The Hall–Kier alpha value is -1.92. The van der Waals surface area contributed by atoms with Crippen LogP contribution in [0.25, 0.3) is 0 Å². The smallest absolute Gasteiger partial charge is 0.265 e. The SMILES string of the molecule is O=S(=O)(c1cccnc1)N1CCNCc2ccccc21. The summed E-state index contributed by atoms with van der Waals surface area (Å²) in [5.74, 6) is 0. The molecule has 0 saturated carbocycles. The van der Waals surface area contributed by atoms with E-state index in [1.807, 2.05) is 24.3 Å². The van der Waals surface area contributed by atoms with Crippen molar-refractivity contribution in [1.29, 1.82) is 0 Å². The molecule has 0 amide bonds. The first-order valence-electron chi connectivity index (χ1n) is 6.41. The molecule has 6 heteroatoms. The Labute approximate surface area is 118 Å². The molecule has 2 aromatic rings. The molecule has 0 atom stereocenters. The quantitative estimate of drug-likeness (QED) is 0.907. The molecular weight excluding hydrogens is 274 g/mol. The number of hydrogen-bond acceptors (Lipinski definition) is 4. The lowest BCUT2D eigenvalue weighted by atomic mass is 10.2. The second kappa shape index (κ2) is 5.22. The van der Waals surface area contributed by atoms with E-state index in [1.54, 1.807) is 18.3 Å². The Morgan fingerprint density at radius 1 is 1.15 bits per heavy atom. The molecule has 0 radical (unpaired) electrons. The van der Waals surface area contributed by atoms with E-state index >= 15 is 0 Å². The van der Waals surface area contributed by atoms with Crippen LogP contribution in [-0.4, -0.2) is 26.5 Å². The molecule has 0 unspecified atom stereocenters. The van der Waals surface area contributed by atoms with Crippen LogP contribution in [0.5, 0.6) is 0 Å². The first kappa shape index (κ1) is 13.1. The molecular formula is C14H15N3O2S. The Bertz CT molecular complexity index is 701. The summed E-state index contributed by atoms with van der Waals surface area (Å²) in [6.07, 6.45) is 2.95. The van der Waals surface area contributed by atoms with Gasteiger partial charge < -0.3 is 5.32 Å². The summed E-state index contributed by atoms with van der Waals surface area (Å²) in [4.78, 5) is 4.12. The van der Waals surface area contributed by atoms with Crippen LogP contribution in [0, 0.1) is 0 Å². The molecule has 20 heavy (non-hydrogen) atoms. The van der Waals surface area contributed by atoms with Gasteiger partial charge >= 0.3 is 0 Å². The van der Waals surface area contributed by atoms with E-state index in [1.165, 1.54) is 10.5 Å². The third-order valence-corrected chi connectivity index (χ3v) is 5.09. The molecule has 1 aromatic carbocycles. The van der Waals surface area contributed by atoms with Crippen molar-refractivity contribution in [2.45, 2.75) is 11.4 Å². The summed E-state index contributed by atoms with van der Waals surface area (Å²) in [5, 5.41) is 3.24. The monoisotopic (exact) mass is 289 g/mol. The molecule has 2 heterocycles. The predicted molar refractivity (Wildman–Crippen MR) is 76.9 cm³/mol. The lowest BCUT2D eigenvalue weighted by molar-refractivity contribution is 0.589. The number of hydrogen-bond donors (Lipinski definition) is 1. The van der Waals surface area contributed by atoms with E-state index in [0.29, 0.717) is 19.6 Å². The minimum Gasteiger partial charge on any atom is -0.311 e.